The third kappa shape index (κ3) is 4.54. The van der Waals surface area contributed by atoms with Gasteiger partial charge >= 0.3 is 0 Å². The lowest BCUT2D eigenvalue weighted by Crippen LogP contribution is -2.14. The first-order valence-electron chi connectivity index (χ1n) is 6.86. The number of amides is 1. The summed E-state index contributed by atoms with van der Waals surface area (Å²) >= 11 is 6.85. The van der Waals surface area contributed by atoms with E-state index in [1.165, 1.54) is 0 Å². The number of rotatable bonds is 3. The highest BCUT2D eigenvalue weighted by molar-refractivity contribution is 9.11. The minimum absolute atomic E-state index is 0.0493. The largest absolute Gasteiger partial charge is 0.319 e. The minimum atomic E-state index is -0.446. The number of hydrogen-bond acceptors (Lipinski definition) is 2. The Bertz CT molecular complexity index is 795. The van der Waals surface area contributed by atoms with E-state index in [0.29, 0.717) is 5.69 Å². The second-order valence-corrected chi connectivity index (χ2v) is 6.85. The molecule has 0 saturated heterocycles. The van der Waals surface area contributed by atoms with Gasteiger partial charge in [-0.2, -0.15) is 5.26 Å². The Morgan fingerprint density at radius 2 is 1.65 bits per heavy atom. The van der Waals surface area contributed by atoms with Crippen LogP contribution in [0.15, 0.2) is 50.9 Å². The van der Waals surface area contributed by atoms with Gasteiger partial charge in [0, 0.05) is 8.95 Å². The number of halogens is 2. The molecule has 0 heterocycles. The van der Waals surface area contributed by atoms with Crippen molar-refractivity contribution < 1.29 is 4.79 Å². The van der Waals surface area contributed by atoms with Crippen LogP contribution in [0.4, 0.5) is 5.69 Å². The van der Waals surface area contributed by atoms with Gasteiger partial charge in [-0.05, 0) is 75.0 Å². The van der Waals surface area contributed by atoms with Gasteiger partial charge in [0.15, 0.2) is 0 Å². The summed E-state index contributed by atoms with van der Waals surface area (Å²) in [5.74, 6) is -0.446. The van der Waals surface area contributed by atoms with Crippen molar-refractivity contribution >= 4 is 49.5 Å². The minimum Gasteiger partial charge on any atom is -0.319 e. The molecule has 0 aliphatic rings. The third-order valence-electron chi connectivity index (χ3n) is 3.18. The maximum Gasteiger partial charge on any atom is 0.266 e. The number of nitriles is 1. The molecular weight excluding hydrogens is 420 g/mol. The van der Waals surface area contributed by atoms with Gasteiger partial charge < -0.3 is 5.32 Å². The molecule has 0 bridgehead atoms. The molecule has 0 fully saturated rings. The van der Waals surface area contributed by atoms with Crippen LogP contribution < -0.4 is 5.32 Å². The molecule has 0 aliphatic heterocycles. The Kier molecular flexibility index (Phi) is 5.75. The summed E-state index contributed by atoms with van der Waals surface area (Å²) in [4.78, 5) is 12.4. The zero-order valence-electron chi connectivity index (χ0n) is 12.7. The van der Waals surface area contributed by atoms with E-state index >= 15 is 0 Å². The lowest BCUT2D eigenvalue weighted by Gasteiger charge is -2.10. The quantitative estimate of drug-likeness (QED) is 0.522. The number of nitrogens with one attached hydrogen (secondary N) is 1. The molecular formula is C18H14Br2N2O. The molecule has 0 radical (unpaired) electrons. The van der Waals surface area contributed by atoms with Crippen LogP contribution >= 0.6 is 31.9 Å². The Morgan fingerprint density at radius 1 is 1.09 bits per heavy atom. The van der Waals surface area contributed by atoms with Crippen LogP contribution in [0.25, 0.3) is 6.08 Å². The summed E-state index contributed by atoms with van der Waals surface area (Å²) in [6, 6.07) is 13.4. The maximum atomic E-state index is 12.4. The Labute approximate surface area is 152 Å². The first-order valence-corrected chi connectivity index (χ1v) is 8.45. The smallest absolute Gasteiger partial charge is 0.266 e. The number of aryl methyl sites for hydroxylation is 2. The standard InChI is InChI=1S/C18H14Br2N2O/c1-11-3-5-13(6-4-11)9-14(10-21)18(23)22-17-15(19)7-12(2)8-16(17)20/h3-9H,1-2H3,(H,22,23)/b14-9+. The summed E-state index contributed by atoms with van der Waals surface area (Å²) in [5.41, 5.74) is 3.64. The zero-order valence-corrected chi connectivity index (χ0v) is 15.8. The highest BCUT2D eigenvalue weighted by atomic mass is 79.9. The van der Waals surface area contributed by atoms with Crippen LogP contribution in [0, 0.1) is 25.2 Å². The fraction of sp³-hybridized carbons (Fsp3) is 0.111. The van der Waals surface area contributed by atoms with Gasteiger partial charge in [-0.3, -0.25) is 4.79 Å². The van der Waals surface area contributed by atoms with Gasteiger partial charge in [-0.15, -0.1) is 0 Å². The fourth-order valence-electron chi connectivity index (χ4n) is 1.98. The lowest BCUT2D eigenvalue weighted by atomic mass is 10.1. The molecule has 3 nitrogen and oxygen atoms in total. The number of nitrogens with zero attached hydrogens (tertiary/aromatic N) is 1. The summed E-state index contributed by atoms with van der Waals surface area (Å²) in [6.45, 7) is 3.94. The molecule has 5 heteroatoms. The van der Waals surface area contributed by atoms with Crippen LogP contribution in [-0.4, -0.2) is 5.91 Å². The number of carbonyl (C=O) groups is 1. The van der Waals surface area contributed by atoms with Crippen LogP contribution in [0.3, 0.4) is 0 Å². The topological polar surface area (TPSA) is 52.9 Å². The average molecular weight is 434 g/mol. The van der Waals surface area contributed by atoms with Crippen molar-refractivity contribution in [1.29, 1.82) is 5.26 Å². The van der Waals surface area contributed by atoms with E-state index < -0.39 is 5.91 Å². The van der Waals surface area contributed by atoms with Gasteiger partial charge in [0.25, 0.3) is 5.91 Å². The van der Waals surface area contributed by atoms with Crippen molar-refractivity contribution in [3.63, 3.8) is 0 Å². The van der Waals surface area contributed by atoms with Crippen molar-refractivity contribution in [3.8, 4) is 6.07 Å². The number of benzene rings is 2. The molecule has 0 unspecified atom stereocenters. The predicted molar refractivity (Wildman–Crippen MR) is 100.0 cm³/mol. The van der Waals surface area contributed by atoms with Crippen molar-refractivity contribution in [2.45, 2.75) is 13.8 Å². The summed E-state index contributed by atoms with van der Waals surface area (Å²) in [6.07, 6.45) is 1.57. The second kappa shape index (κ2) is 7.58. The highest BCUT2D eigenvalue weighted by Gasteiger charge is 2.14. The van der Waals surface area contributed by atoms with Crippen LogP contribution in [-0.2, 0) is 4.79 Å². The van der Waals surface area contributed by atoms with E-state index in [4.69, 9.17) is 0 Å². The first-order chi connectivity index (χ1) is 10.9. The SMILES string of the molecule is Cc1ccc(/C=C(\C#N)C(=O)Nc2c(Br)cc(C)cc2Br)cc1. The molecule has 0 atom stereocenters. The highest BCUT2D eigenvalue weighted by Crippen LogP contribution is 2.32. The van der Waals surface area contributed by atoms with Crippen LogP contribution in [0.2, 0.25) is 0 Å². The summed E-state index contributed by atoms with van der Waals surface area (Å²) in [7, 11) is 0. The molecule has 1 N–H and O–H groups in total. The van der Waals surface area contributed by atoms with Gasteiger partial charge in [0.2, 0.25) is 0 Å². The van der Waals surface area contributed by atoms with Gasteiger partial charge in [0.05, 0.1) is 5.69 Å². The maximum absolute atomic E-state index is 12.4. The summed E-state index contributed by atoms with van der Waals surface area (Å²) in [5, 5.41) is 12.0. The second-order valence-electron chi connectivity index (χ2n) is 5.14. The molecule has 0 spiro atoms. The molecule has 2 aromatic carbocycles. The molecule has 0 aliphatic carbocycles. The van der Waals surface area contributed by atoms with Gasteiger partial charge in [-0.1, -0.05) is 29.8 Å². The summed E-state index contributed by atoms with van der Waals surface area (Å²) < 4.78 is 1.51. The Morgan fingerprint density at radius 3 is 2.17 bits per heavy atom. The van der Waals surface area contributed by atoms with E-state index in [1.54, 1.807) is 6.08 Å². The van der Waals surface area contributed by atoms with Crippen molar-refractivity contribution in [2.75, 3.05) is 5.32 Å². The monoisotopic (exact) mass is 432 g/mol. The number of anilines is 1. The van der Waals surface area contributed by atoms with E-state index in [-0.39, 0.29) is 5.57 Å². The fourth-order valence-corrected chi connectivity index (χ4v) is 3.59. The van der Waals surface area contributed by atoms with Crippen molar-refractivity contribution in [3.05, 3.63) is 67.6 Å². The normalized spacial score (nSPS) is 11.0. The Balaban J connectivity index is 2.28. The third-order valence-corrected chi connectivity index (χ3v) is 4.43. The molecule has 23 heavy (non-hydrogen) atoms. The number of hydrogen-bond donors (Lipinski definition) is 1. The van der Waals surface area contributed by atoms with Gasteiger partial charge in [-0.25, -0.2) is 0 Å². The molecule has 1 amide bonds. The van der Waals surface area contributed by atoms with E-state index in [2.05, 4.69) is 37.2 Å². The predicted octanol–water partition coefficient (Wildman–Crippen LogP) is 5.37. The number of carbonyl (C=O) groups excluding carboxylic acids is 1. The van der Waals surface area contributed by atoms with Crippen molar-refractivity contribution in [1.82, 2.24) is 0 Å². The average Bonchev–Trinajstić information content (AvgIpc) is 2.50. The Hall–Kier alpha value is -1.90. The molecule has 0 aromatic heterocycles. The molecule has 0 saturated carbocycles. The lowest BCUT2D eigenvalue weighted by molar-refractivity contribution is -0.112. The van der Waals surface area contributed by atoms with Crippen LogP contribution in [0.5, 0.6) is 0 Å². The van der Waals surface area contributed by atoms with Crippen molar-refractivity contribution in [2.24, 2.45) is 0 Å². The molecule has 2 rings (SSSR count). The van der Waals surface area contributed by atoms with Crippen LogP contribution in [0.1, 0.15) is 16.7 Å². The first kappa shape index (κ1) is 17.5. The molecule has 116 valence electrons. The zero-order chi connectivity index (χ0) is 17.0. The van der Waals surface area contributed by atoms with E-state index in [1.807, 2.05) is 56.3 Å². The van der Waals surface area contributed by atoms with E-state index in [0.717, 1.165) is 25.6 Å². The van der Waals surface area contributed by atoms with E-state index in [9.17, 15) is 10.1 Å². The molecule has 2 aromatic rings. The van der Waals surface area contributed by atoms with Gasteiger partial charge in [0.1, 0.15) is 11.6 Å².